The Kier molecular flexibility index (Phi) is 2.49. The Bertz CT molecular complexity index is 57.2. The van der Waals surface area contributed by atoms with E-state index in [1.54, 1.807) is 0 Å². The Morgan fingerprint density at radius 2 is 2.00 bits per heavy atom. The van der Waals surface area contributed by atoms with Gasteiger partial charge in [-0.3, -0.25) is 0 Å². The lowest BCUT2D eigenvalue weighted by Crippen LogP contribution is -2.18. The van der Waals surface area contributed by atoms with E-state index in [-0.39, 0.29) is 0 Å². The first kappa shape index (κ1) is 6.54. The van der Waals surface area contributed by atoms with Crippen molar-refractivity contribution in [2.75, 3.05) is 7.05 Å². The molecule has 0 spiro atoms. The fraction of sp³-hybridized carbons (Fsp3) is 0.667. The van der Waals surface area contributed by atoms with Gasteiger partial charge in [-0.25, -0.2) is 0 Å². The van der Waals surface area contributed by atoms with E-state index in [4.69, 9.17) is 0 Å². The minimum Gasteiger partial charge on any atom is -0.379 e. The van der Waals surface area contributed by atoms with E-state index in [0.717, 1.165) is 0 Å². The fourth-order valence-electron chi connectivity index (χ4n) is 0.211. The minimum atomic E-state index is 0.581. The molecule has 0 aromatic rings. The molecule has 42 valence electrons. The van der Waals surface area contributed by atoms with Gasteiger partial charge >= 0.3 is 0 Å². The van der Waals surface area contributed by atoms with Crippen LogP contribution in [0.25, 0.3) is 0 Å². The van der Waals surface area contributed by atoms with E-state index in [2.05, 4.69) is 25.3 Å². The summed E-state index contributed by atoms with van der Waals surface area (Å²) in [6, 6.07) is 0.581. The first-order valence-corrected chi connectivity index (χ1v) is 2.53. The Hall–Kier alpha value is -0.460. The lowest BCUT2D eigenvalue weighted by molar-refractivity contribution is 0.377. The number of nitrogens with zero attached hydrogens (tertiary/aromatic N) is 1. The van der Waals surface area contributed by atoms with E-state index in [9.17, 15) is 0 Å². The first-order valence-electron chi connectivity index (χ1n) is 2.53. The zero-order chi connectivity index (χ0) is 5.86. The second kappa shape index (κ2) is 2.67. The third-order valence-corrected chi connectivity index (χ3v) is 1.10. The van der Waals surface area contributed by atoms with Gasteiger partial charge in [-0.1, -0.05) is 6.58 Å². The molecule has 0 heterocycles. The van der Waals surface area contributed by atoms with Gasteiger partial charge in [-0.15, -0.1) is 0 Å². The summed E-state index contributed by atoms with van der Waals surface area (Å²) in [5, 5.41) is 0. The maximum absolute atomic E-state index is 3.61. The molecule has 1 heteroatoms. The van der Waals surface area contributed by atoms with Gasteiger partial charge in [-0.05, 0) is 20.0 Å². The highest BCUT2D eigenvalue weighted by atomic mass is 15.1. The molecule has 7 heavy (non-hydrogen) atoms. The lowest BCUT2D eigenvalue weighted by atomic mass is 10.4. The maximum atomic E-state index is 3.61. The number of rotatable bonds is 2. The molecule has 1 nitrogen and oxygen atoms in total. The molecule has 0 unspecified atom stereocenters. The Labute approximate surface area is 45.6 Å². The highest BCUT2D eigenvalue weighted by Crippen LogP contribution is 1.90. The molecule has 0 N–H and O–H groups in total. The summed E-state index contributed by atoms with van der Waals surface area (Å²) in [6.45, 7) is 7.86. The molecule has 0 aliphatic rings. The largest absolute Gasteiger partial charge is 0.379 e. The lowest BCUT2D eigenvalue weighted by Gasteiger charge is -2.16. The summed E-state index contributed by atoms with van der Waals surface area (Å²) >= 11 is 0. The zero-order valence-electron chi connectivity index (χ0n) is 5.31. The van der Waals surface area contributed by atoms with Gasteiger partial charge in [0.25, 0.3) is 0 Å². The van der Waals surface area contributed by atoms with Crippen molar-refractivity contribution in [3.05, 3.63) is 12.8 Å². The van der Waals surface area contributed by atoms with E-state index >= 15 is 0 Å². The van der Waals surface area contributed by atoms with Crippen molar-refractivity contribution in [2.45, 2.75) is 19.9 Å². The molecule has 0 aromatic heterocycles. The number of hydrogen-bond donors (Lipinski definition) is 0. The van der Waals surface area contributed by atoms with Crippen LogP contribution in [0.4, 0.5) is 0 Å². The number of hydrogen-bond acceptors (Lipinski definition) is 1. The van der Waals surface area contributed by atoms with Crippen LogP contribution in [0.3, 0.4) is 0 Å². The van der Waals surface area contributed by atoms with Crippen LogP contribution >= 0.6 is 0 Å². The molecule has 0 aromatic carbocycles. The van der Waals surface area contributed by atoms with Gasteiger partial charge in [0.2, 0.25) is 0 Å². The summed E-state index contributed by atoms with van der Waals surface area (Å²) in [4.78, 5) is 2.06. The van der Waals surface area contributed by atoms with Crippen LogP contribution in [0.5, 0.6) is 0 Å². The predicted octanol–water partition coefficient (Wildman–Crippen LogP) is 1.47. The van der Waals surface area contributed by atoms with Gasteiger partial charge in [-0.2, -0.15) is 0 Å². The van der Waals surface area contributed by atoms with Crippen LogP contribution in [0.2, 0.25) is 0 Å². The van der Waals surface area contributed by atoms with Crippen LogP contribution in [0, 0.1) is 0 Å². The van der Waals surface area contributed by atoms with E-state index in [1.807, 2.05) is 13.2 Å². The molecule has 0 saturated heterocycles. The van der Waals surface area contributed by atoms with Crippen molar-refractivity contribution < 1.29 is 0 Å². The Morgan fingerprint density at radius 3 is 2.00 bits per heavy atom. The molecule has 0 amide bonds. The molecule has 0 aliphatic heterocycles. The standard InChI is InChI=1S/C6H13N/c1-5-7(4)6(2)3/h5-6H,1H2,2-4H3. The van der Waals surface area contributed by atoms with Crippen molar-refractivity contribution in [3.63, 3.8) is 0 Å². The second-order valence-electron chi connectivity index (χ2n) is 1.94. The summed E-state index contributed by atoms with van der Waals surface area (Å²) in [5.41, 5.74) is 0. The molecule has 0 aliphatic carbocycles. The third kappa shape index (κ3) is 2.26. The molecule has 0 radical (unpaired) electrons. The fourth-order valence-corrected chi connectivity index (χ4v) is 0.211. The molecular weight excluding hydrogens is 86.1 g/mol. The van der Waals surface area contributed by atoms with Crippen molar-refractivity contribution in [3.8, 4) is 0 Å². The summed E-state index contributed by atoms with van der Waals surface area (Å²) < 4.78 is 0. The molecular formula is C6H13N. The molecule has 0 saturated carbocycles. The van der Waals surface area contributed by atoms with E-state index in [1.165, 1.54) is 0 Å². The van der Waals surface area contributed by atoms with Gasteiger partial charge < -0.3 is 4.90 Å². The SMILES string of the molecule is C=CN(C)C(C)C. The van der Waals surface area contributed by atoms with Gasteiger partial charge in [0.1, 0.15) is 0 Å². The second-order valence-corrected chi connectivity index (χ2v) is 1.94. The van der Waals surface area contributed by atoms with Crippen molar-refractivity contribution in [1.29, 1.82) is 0 Å². The van der Waals surface area contributed by atoms with Crippen LogP contribution in [0.1, 0.15) is 13.8 Å². The molecule has 0 rings (SSSR count). The average Bonchev–Trinajstić information content (AvgIpc) is 1.65. The van der Waals surface area contributed by atoms with Gasteiger partial charge in [0.15, 0.2) is 0 Å². The smallest absolute Gasteiger partial charge is 0.0224 e. The Balaban J connectivity index is 3.33. The van der Waals surface area contributed by atoms with Crippen molar-refractivity contribution in [1.82, 2.24) is 4.90 Å². The normalized spacial score (nSPS) is 9.14. The highest BCUT2D eigenvalue weighted by molar-refractivity contribution is 4.68. The molecule has 0 atom stereocenters. The summed E-state index contributed by atoms with van der Waals surface area (Å²) in [6.07, 6.45) is 1.82. The monoisotopic (exact) mass is 99.1 g/mol. The predicted molar refractivity (Wildman–Crippen MR) is 33.1 cm³/mol. The molecule has 0 fully saturated rings. The van der Waals surface area contributed by atoms with Crippen LogP contribution in [-0.4, -0.2) is 18.0 Å². The summed E-state index contributed by atoms with van der Waals surface area (Å²) in [5.74, 6) is 0. The van der Waals surface area contributed by atoms with Crippen molar-refractivity contribution in [2.24, 2.45) is 0 Å². The summed E-state index contributed by atoms with van der Waals surface area (Å²) in [7, 11) is 2.01. The van der Waals surface area contributed by atoms with Crippen LogP contribution < -0.4 is 0 Å². The van der Waals surface area contributed by atoms with Gasteiger partial charge in [0, 0.05) is 13.1 Å². The van der Waals surface area contributed by atoms with E-state index in [0.29, 0.717) is 6.04 Å². The first-order chi connectivity index (χ1) is 3.18. The topological polar surface area (TPSA) is 3.24 Å². The molecule has 0 bridgehead atoms. The van der Waals surface area contributed by atoms with Crippen molar-refractivity contribution >= 4 is 0 Å². The third-order valence-electron chi connectivity index (χ3n) is 1.10. The average molecular weight is 99.2 g/mol. The van der Waals surface area contributed by atoms with Crippen LogP contribution in [0.15, 0.2) is 12.8 Å². The van der Waals surface area contributed by atoms with Gasteiger partial charge in [0.05, 0.1) is 0 Å². The zero-order valence-corrected chi connectivity index (χ0v) is 5.31. The minimum absolute atomic E-state index is 0.581. The quantitative estimate of drug-likeness (QED) is 0.506. The maximum Gasteiger partial charge on any atom is 0.0224 e. The van der Waals surface area contributed by atoms with Crippen LogP contribution in [-0.2, 0) is 0 Å². The Morgan fingerprint density at radius 1 is 1.57 bits per heavy atom. The van der Waals surface area contributed by atoms with E-state index < -0.39 is 0 Å². The highest BCUT2D eigenvalue weighted by Gasteiger charge is 1.91.